The van der Waals surface area contributed by atoms with Crippen LogP contribution in [0.2, 0.25) is 13.6 Å². The van der Waals surface area contributed by atoms with Gasteiger partial charge in [-0.1, -0.05) is 99.1 Å². The summed E-state index contributed by atoms with van der Waals surface area (Å²) in [4.78, 5) is 0. The van der Waals surface area contributed by atoms with Gasteiger partial charge in [-0.15, -0.1) is 13.2 Å². The zero-order valence-corrected chi connectivity index (χ0v) is 49.5. The number of β-amino-alcohol motifs (C(OH)–C–C–N with tert-alkyl or cyclic N) is 1. The van der Waals surface area contributed by atoms with Gasteiger partial charge in [0.15, 0.2) is 0 Å². The van der Waals surface area contributed by atoms with Crippen LogP contribution >= 0.6 is 58.5 Å². The maximum Gasteiger partial charge on any atom is 0.454 e. The lowest BCUT2D eigenvalue weighted by atomic mass is 9.90. The topological polar surface area (TPSA) is 272 Å². The Bertz CT molecular complexity index is 1890. The third-order valence-corrected chi connectivity index (χ3v) is 14.7. The molecular weight excluding hydrogens is 1160 g/mol. The molecule has 0 spiro atoms. The molecule has 0 aromatic heterocycles. The van der Waals surface area contributed by atoms with E-state index in [2.05, 4.69) is 126 Å². The number of hydrogen-bond acceptors (Lipinski definition) is 15. The average molecular weight is 1240 g/mol. The molecule has 392 valence electrons. The van der Waals surface area contributed by atoms with Crippen molar-refractivity contribution in [2.75, 3.05) is 82.8 Å². The molecule has 18 nitrogen and oxygen atoms in total. The highest BCUT2D eigenvalue weighted by molar-refractivity contribution is 9.13. The van der Waals surface area contributed by atoms with Gasteiger partial charge in [-0.2, -0.15) is 12.9 Å². The summed E-state index contributed by atoms with van der Waals surface area (Å²) in [6.07, 6.45) is 9.27. The van der Waals surface area contributed by atoms with Crippen molar-refractivity contribution in [3.63, 3.8) is 0 Å². The SMILES string of the molecule is C=C(Br)CBr.C=C1CN(S(C)(=O)=O)CC1CC.C=CCN.C=CCN(CC(=C)Br)S(C)(=O)=O.CB(O)O.CB1OC(C)(C)C(C)(C)O1.CC[C@H]1CN(S(C)(=O)=O)C[C@@]1(O)CO.CS(=O)(=O)Cl. The lowest BCUT2D eigenvalue weighted by Crippen LogP contribution is -2.42. The molecule has 66 heavy (non-hydrogen) atoms. The Kier molecular flexibility index (Phi) is 39.9. The zero-order chi connectivity index (χ0) is 53.9. The van der Waals surface area contributed by atoms with E-state index in [1.54, 1.807) is 6.08 Å². The van der Waals surface area contributed by atoms with E-state index < -0.39 is 58.4 Å². The molecule has 3 heterocycles. The van der Waals surface area contributed by atoms with Crippen molar-refractivity contribution in [2.45, 2.75) is 84.8 Å². The normalized spacial score (nSPS) is 21.0. The largest absolute Gasteiger partial charge is 0.454 e. The van der Waals surface area contributed by atoms with E-state index in [-0.39, 0.29) is 37.3 Å². The van der Waals surface area contributed by atoms with Crippen LogP contribution in [0.15, 0.2) is 59.6 Å². The summed E-state index contributed by atoms with van der Waals surface area (Å²) in [5.41, 5.74) is 4.37. The average Bonchev–Trinajstić information content (AvgIpc) is 3.76. The predicted octanol–water partition coefficient (Wildman–Crippen LogP) is 4.60. The number of aliphatic hydroxyl groups excluding tert-OH is 1. The molecule has 28 heteroatoms. The minimum atomic E-state index is -3.26. The maximum absolute atomic E-state index is 11.2. The maximum atomic E-state index is 11.2. The fraction of sp³-hybridized carbons (Fsp3) is 0.737. The number of allylic oxidation sites excluding steroid dienone is 1. The van der Waals surface area contributed by atoms with E-state index in [0.29, 0.717) is 49.5 Å². The van der Waals surface area contributed by atoms with E-state index >= 15 is 0 Å². The standard InChI is InChI=1S/C8H17NO4S.C8H15NO2S.C7H15BO2.C7H12BrNO2S.C3H4Br2.C3H7N.CH5BO2.CH3ClO2S/c1-3-7-4-9(14(2,12)13)5-8(7,11)6-10;1-4-8-6-9(5-7(8)2)12(3,10)11;1-6(2)7(3,4)10-8(5)9-6;1-4-5-9(6-7(2)8)12(3,10)11;1-3(5)2-4;1-2-3-4;1-2(3)4;1-5(2,3)4/h7,10-11H,3-6H2,1-2H3;8H,2,4-6H2,1,3H3;1-5H3;4H,1-2,5-6H2,3H3;1-2H2;2H,1,3-4H2;3-4H,1H3;1H3/t7-,8+;;;;;;;/m0......./s1. The first-order valence-corrected chi connectivity index (χ1v) is 31.0. The van der Waals surface area contributed by atoms with Crippen molar-refractivity contribution >= 4 is 112 Å². The molecule has 0 bridgehead atoms. The first-order chi connectivity index (χ1) is 29.4. The lowest BCUT2D eigenvalue weighted by molar-refractivity contribution is -0.0350. The molecule has 6 N–H and O–H groups in total. The molecule has 0 amide bonds. The number of sulfonamides is 3. The quantitative estimate of drug-likeness (QED) is 0.0774. The number of halogens is 4. The Hall–Kier alpha value is -0.0401. The highest BCUT2D eigenvalue weighted by atomic mass is 79.9. The summed E-state index contributed by atoms with van der Waals surface area (Å²) in [5.74, 6) is 0.182. The number of nitrogens with two attached hydrogens (primary N) is 1. The Balaban J connectivity index is -0.000000224. The Labute approximate surface area is 429 Å². The third kappa shape index (κ3) is 38.7. The lowest BCUT2D eigenvalue weighted by Gasteiger charge is -2.32. The van der Waals surface area contributed by atoms with Crippen LogP contribution in [0.3, 0.4) is 0 Å². The Morgan fingerprint density at radius 2 is 1.29 bits per heavy atom. The smallest absolute Gasteiger partial charge is 0.427 e. The molecule has 0 aromatic carbocycles. The molecule has 3 aliphatic rings. The number of hydrogen-bond donors (Lipinski definition) is 5. The molecule has 3 rings (SSSR count). The van der Waals surface area contributed by atoms with E-state index in [1.165, 1.54) is 32.1 Å². The first kappa shape index (κ1) is 74.9. The second kappa shape index (κ2) is 35.1. The molecule has 3 atom stereocenters. The van der Waals surface area contributed by atoms with Crippen LogP contribution in [0.5, 0.6) is 0 Å². The van der Waals surface area contributed by atoms with Crippen LogP contribution in [0.1, 0.15) is 54.4 Å². The predicted molar refractivity (Wildman–Crippen MR) is 286 cm³/mol. The second-order valence-electron chi connectivity index (χ2n) is 15.9. The molecule has 0 radical (unpaired) electrons. The van der Waals surface area contributed by atoms with E-state index in [4.69, 9.17) is 30.2 Å². The van der Waals surface area contributed by atoms with E-state index in [1.807, 2.05) is 13.7 Å². The van der Waals surface area contributed by atoms with Gasteiger partial charge in [0, 0.05) is 72.2 Å². The second-order valence-corrected chi connectivity index (χ2v) is 27.7. The number of nitrogens with zero attached hydrogens (tertiary/aromatic N) is 3. The van der Waals surface area contributed by atoms with Gasteiger partial charge in [0.25, 0.3) is 0 Å². The number of alkyl halides is 1. The highest BCUT2D eigenvalue weighted by Crippen LogP contribution is 2.36. The Morgan fingerprint density at radius 3 is 1.45 bits per heavy atom. The summed E-state index contributed by atoms with van der Waals surface area (Å²) in [5, 5.41) is 35.0. The van der Waals surface area contributed by atoms with Crippen molar-refractivity contribution in [2.24, 2.45) is 17.6 Å². The van der Waals surface area contributed by atoms with E-state index in [9.17, 15) is 38.8 Å². The van der Waals surface area contributed by atoms with Crippen molar-refractivity contribution in [3.05, 3.63) is 59.6 Å². The van der Waals surface area contributed by atoms with Crippen molar-refractivity contribution in [3.8, 4) is 0 Å². The summed E-state index contributed by atoms with van der Waals surface area (Å²) in [6.45, 7) is 35.4. The molecule has 3 aliphatic heterocycles. The Morgan fingerprint density at radius 1 is 0.909 bits per heavy atom. The molecule has 3 fully saturated rings. The van der Waals surface area contributed by atoms with Crippen LogP contribution in [0.25, 0.3) is 0 Å². The third-order valence-electron chi connectivity index (χ3n) is 9.04. The van der Waals surface area contributed by atoms with Crippen LogP contribution in [0.4, 0.5) is 0 Å². The minimum absolute atomic E-state index is 0.000833. The summed E-state index contributed by atoms with van der Waals surface area (Å²) < 4.78 is 102. The van der Waals surface area contributed by atoms with Gasteiger partial charge >= 0.3 is 14.2 Å². The van der Waals surface area contributed by atoms with Gasteiger partial charge in [0.2, 0.25) is 39.1 Å². The molecule has 3 saturated heterocycles. The van der Waals surface area contributed by atoms with Gasteiger partial charge in [0.1, 0.15) is 5.60 Å². The van der Waals surface area contributed by atoms with Gasteiger partial charge < -0.3 is 35.3 Å². The number of rotatable bonds is 12. The van der Waals surface area contributed by atoms with Crippen molar-refractivity contribution in [1.29, 1.82) is 0 Å². The summed E-state index contributed by atoms with van der Waals surface area (Å²) in [7, 11) is -9.34. The molecular formula is C38H78B2Br3ClN4O14S4. The van der Waals surface area contributed by atoms with Gasteiger partial charge in [-0.3, -0.25) is 0 Å². The molecule has 0 saturated carbocycles. The minimum Gasteiger partial charge on any atom is -0.427 e. The van der Waals surface area contributed by atoms with E-state index in [0.717, 1.165) is 40.6 Å². The van der Waals surface area contributed by atoms with Crippen LogP contribution in [0, 0.1) is 11.8 Å². The molecule has 0 aromatic rings. The van der Waals surface area contributed by atoms with Crippen molar-refractivity contribution < 1.29 is 63.2 Å². The fourth-order valence-electron chi connectivity index (χ4n) is 5.11. The van der Waals surface area contributed by atoms with Gasteiger partial charge in [0.05, 0.1) is 42.8 Å². The van der Waals surface area contributed by atoms with Gasteiger partial charge in [-0.25, -0.2) is 33.7 Å². The van der Waals surface area contributed by atoms with Crippen LogP contribution in [-0.4, -0.2) is 181 Å². The number of aliphatic hydroxyl groups is 2. The summed E-state index contributed by atoms with van der Waals surface area (Å²) >= 11 is 9.40. The monoisotopic (exact) mass is 1240 g/mol. The fourth-order valence-corrected chi connectivity index (χ4v) is 8.11. The van der Waals surface area contributed by atoms with Gasteiger partial charge in [-0.05, 0) is 64.6 Å². The highest BCUT2D eigenvalue weighted by Gasteiger charge is 2.49. The van der Waals surface area contributed by atoms with Crippen molar-refractivity contribution in [1.82, 2.24) is 12.9 Å². The molecule has 0 aliphatic carbocycles. The van der Waals surface area contributed by atoms with Crippen LogP contribution < -0.4 is 5.73 Å². The summed E-state index contributed by atoms with van der Waals surface area (Å²) in [6, 6.07) is 0. The zero-order valence-electron chi connectivity index (χ0n) is 40.7. The molecule has 1 unspecified atom stereocenters. The van der Waals surface area contributed by atoms with Crippen LogP contribution in [-0.2, 0) is 48.4 Å². The first-order valence-electron chi connectivity index (χ1n) is 20.0.